The summed E-state index contributed by atoms with van der Waals surface area (Å²) >= 11 is 0. The second-order valence-electron chi connectivity index (χ2n) is 11.5. The first-order valence-corrected chi connectivity index (χ1v) is 13.9. The van der Waals surface area contributed by atoms with Gasteiger partial charge in [0.25, 0.3) is 0 Å². The molecule has 2 aliphatic carbocycles. The Morgan fingerprint density at radius 3 is 2.14 bits per heavy atom. The molecule has 3 aliphatic rings. The van der Waals surface area contributed by atoms with Crippen LogP contribution in [0.15, 0.2) is 24.3 Å². The van der Waals surface area contributed by atoms with Gasteiger partial charge in [0, 0.05) is 0 Å². The first kappa shape index (κ1) is 26.6. The molecular formula is C30H43F3O2. The van der Waals surface area contributed by atoms with Gasteiger partial charge in [-0.1, -0.05) is 18.2 Å². The normalized spacial score (nSPS) is 33.1. The van der Waals surface area contributed by atoms with E-state index in [4.69, 9.17) is 9.47 Å². The van der Waals surface area contributed by atoms with E-state index >= 15 is 0 Å². The molecule has 1 aliphatic heterocycles. The summed E-state index contributed by atoms with van der Waals surface area (Å²) in [7, 11) is 0. The van der Waals surface area contributed by atoms with Crippen molar-refractivity contribution in [2.24, 2.45) is 29.6 Å². The lowest BCUT2D eigenvalue weighted by Gasteiger charge is -2.36. The highest BCUT2D eigenvalue weighted by Gasteiger charge is 2.30. The molecule has 0 N–H and O–H groups in total. The average molecular weight is 493 g/mol. The monoisotopic (exact) mass is 492 g/mol. The molecule has 3 atom stereocenters. The topological polar surface area (TPSA) is 18.5 Å². The highest BCUT2D eigenvalue weighted by Crippen LogP contribution is 2.39. The number of alkyl halides is 1. The largest absolute Gasteiger partial charge is 0.487 e. The van der Waals surface area contributed by atoms with Gasteiger partial charge in [0.1, 0.15) is 12.8 Å². The van der Waals surface area contributed by atoms with Crippen molar-refractivity contribution < 1.29 is 22.6 Å². The minimum atomic E-state index is -1.16. The lowest BCUT2D eigenvalue weighted by molar-refractivity contribution is -0.0287. The maximum atomic E-state index is 14.5. The van der Waals surface area contributed by atoms with Crippen molar-refractivity contribution in [3.8, 4) is 5.75 Å². The summed E-state index contributed by atoms with van der Waals surface area (Å²) < 4.78 is 53.2. The van der Waals surface area contributed by atoms with Gasteiger partial charge in [-0.25, -0.2) is 8.78 Å². The van der Waals surface area contributed by atoms with Gasteiger partial charge in [0.2, 0.25) is 5.82 Å². The van der Waals surface area contributed by atoms with Crippen molar-refractivity contribution in [2.45, 2.75) is 96.8 Å². The van der Waals surface area contributed by atoms with Crippen LogP contribution >= 0.6 is 0 Å². The summed E-state index contributed by atoms with van der Waals surface area (Å²) in [4.78, 5) is 0. The Kier molecular flexibility index (Phi) is 9.60. The van der Waals surface area contributed by atoms with E-state index in [1.54, 1.807) is 0 Å². The molecule has 0 spiro atoms. The van der Waals surface area contributed by atoms with Gasteiger partial charge >= 0.3 is 0 Å². The smallest absolute Gasteiger partial charge is 0.200 e. The fraction of sp³-hybridized carbons (Fsp3) is 0.733. The van der Waals surface area contributed by atoms with Crippen LogP contribution in [0, 0.1) is 48.1 Å². The summed E-state index contributed by atoms with van der Waals surface area (Å²) in [5.41, 5.74) is 0.217. The summed E-state index contributed by atoms with van der Waals surface area (Å²) in [6.45, 7) is 4.41. The Bertz CT molecular complexity index is 817. The molecule has 0 amide bonds. The van der Waals surface area contributed by atoms with Crippen LogP contribution in [-0.2, 0) is 4.74 Å². The number of aryl methyl sites for hydroxylation is 1. The predicted octanol–water partition coefficient (Wildman–Crippen LogP) is 8.36. The van der Waals surface area contributed by atoms with E-state index in [0.29, 0.717) is 30.3 Å². The molecule has 5 heteroatoms. The molecule has 196 valence electrons. The fourth-order valence-electron chi connectivity index (χ4n) is 6.36. The summed E-state index contributed by atoms with van der Waals surface area (Å²) in [6.07, 6.45) is 16.7. The third-order valence-electron chi connectivity index (χ3n) is 8.82. The molecule has 0 radical (unpaired) electrons. The van der Waals surface area contributed by atoms with E-state index < -0.39 is 17.8 Å². The van der Waals surface area contributed by atoms with Crippen LogP contribution < -0.4 is 4.74 Å². The van der Waals surface area contributed by atoms with E-state index in [2.05, 4.69) is 19.1 Å². The minimum absolute atomic E-state index is 0.208. The van der Waals surface area contributed by atoms with Crippen LogP contribution in [0.3, 0.4) is 0 Å². The zero-order valence-electron chi connectivity index (χ0n) is 21.5. The number of hydrogen-bond acceptors (Lipinski definition) is 2. The molecule has 35 heavy (non-hydrogen) atoms. The van der Waals surface area contributed by atoms with Crippen molar-refractivity contribution in [1.29, 1.82) is 0 Å². The number of ether oxygens (including phenoxy) is 2. The van der Waals surface area contributed by atoms with Crippen LogP contribution in [0.25, 0.3) is 0 Å². The number of rotatable bonds is 8. The lowest BCUT2D eigenvalue weighted by Crippen LogP contribution is -2.31. The molecule has 0 bridgehead atoms. The molecule has 2 nitrogen and oxygen atoms in total. The van der Waals surface area contributed by atoms with Gasteiger partial charge in [0.05, 0.1) is 12.7 Å². The van der Waals surface area contributed by atoms with E-state index in [0.717, 1.165) is 44.1 Å². The predicted molar refractivity (Wildman–Crippen MR) is 134 cm³/mol. The Morgan fingerprint density at radius 2 is 1.51 bits per heavy atom. The summed E-state index contributed by atoms with van der Waals surface area (Å²) in [5.74, 6) is 1.12. The van der Waals surface area contributed by atoms with Crippen LogP contribution in [-0.4, -0.2) is 25.5 Å². The van der Waals surface area contributed by atoms with E-state index in [1.807, 2.05) is 0 Å². The number of hydrogen-bond donors (Lipinski definition) is 0. The van der Waals surface area contributed by atoms with Gasteiger partial charge in [0.15, 0.2) is 11.6 Å². The van der Waals surface area contributed by atoms with Crippen molar-refractivity contribution in [3.05, 3.63) is 41.5 Å². The van der Waals surface area contributed by atoms with E-state index in [9.17, 15) is 13.2 Å². The highest BCUT2D eigenvalue weighted by atomic mass is 19.2. The van der Waals surface area contributed by atoms with Gasteiger partial charge in [-0.05, 0) is 126 Å². The molecule has 1 aromatic rings. The fourth-order valence-corrected chi connectivity index (χ4v) is 6.36. The maximum absolute atomic E-state index is 14.5. The van der Waals surface area contributed by atoms with Crippen molar-refractivity contribution >= 4 is 0 Å². The number of halogens is 3. The highest BCUT2D eigenvalue weighted by molar-refractivity contribution is 5.30. The van der Waals surface area contributed by atoms with Crippen LogP contribution in [0.1, 0.15) is 83.1 Å². The Balaban J connectivity index is 1.12. The maximum Gasteiger partial charge on any atom is 0.200 e. The molecule has 3 fully saturated rings. The molecule has 1 heterocycles. The molecule has 1 saturated heterocycles. The second-order valence-corrected chi connectivity index (χ2v) is 11.5. The Morgan fingerprint density at radius 1 is 0.886 bits per heavy atom. The number of benzene rings is 1. The van der Waals surface area contributed by atoms with Crippen LogP contribution in [0.4, 0.5) is 13.2 Å². The first-order chi connectivity index (χ1) is 16.9. The first-order valence-electron chi connectivity index (χ1n) is 13.9. The van der Waals surface area contributed by atoms with Gasteiger partial charge in [-0.15, -0.1) is 0 Å². The molecule has 3 unspecified atom stereocenters. The molecule has 4 rings (SSSR count). The minimum Gasteiger partial charge on any atom is -0.487 e. The van der Waals surface area contributed by atoms with Crippen molar-refractivity contribution in [2.75, 3.05) is 13.2 Å². The zero-order valence-corrected chi connectivity index (χ0v) is 21.5. The second kappa shape index (κ2) is 12.7. The van der Waals surface area contributed by atoms with Crippen LogP contribution in [0.2, 0.25) is 0 Å². The third-order valence-corrected chi connectivity index (χ3v) is 8.82. The SMILES string of the molecule is Cc1ccc(OCC(F)CC2CCC(/C=C/C3CCC(C4CCC(C)OC4)CC3)CC2)c(F)c1F. The van der Waals surface area contributed by atoms with E-state index in [1.165, 1.54) is 57.6 Å². The molecular weight excluding hydrogens is 449 g/mol. The molecule has 2 saturated carbocycles. The average Bonchev–Trinajstić information content (AvgIpc) is 2.87. The zero-order chi connectivity index (χ0) is 24.8. The lowest BCUT2D eigenvalue weighted by atomic mass is 9.73. The number of allylic oxidation sites excluding steroid dienone is 2. The summed E-state index contributed by atoms with van der Waals surface area (Å²) in [6, 6.07) is 2.82. The van der Waals surface area contributed by atoms with Crippen LogP contribution in [0.5, 0.6) is 5.75 Å². The Hall–Kier alpha value is -1.49. The van der Waals surface area contributed by atoms with Gasteiger partial charge < -0.3 is 9.47 Å². The molecule has 1 aromatic carbocycles. The van der Waals surface area contributed by atoms with Crippen molar-refractivity contribution in [1.82, 2.24) is 0 Å². The quantitative estimate of drug-likeness (QED) is 0.339. The summed E-state index contributed by atoms with van der Waals surface area (Å²) in [5, 5.41) is 0. The third kappa shape index (κ3) is 7.50. The Labute approximate surface area is 209 Å². The van der Waals surface area contributed by atoms with Gasteiger partial charge in [-0.3, -0.25) is 0 Å². The van der Waals surface area contributed by atoms with Crippen molar-refractivity contribution in [3.63, 3.8) is 0 Å². The van der Waals surface area contributed by atoms with E-state index in [-0.39, 0.29) is 17.9 Å². The molecule has 0 aromatic heterocycles. The standard InChI is InChI=1S/C30H43F3O2/c1-20-3-16-28(30(33)29(20)32)35-19-27(31)17-24-9-7-22(8-10-24)5-6-23-11-14-25(15-12-23)26-13-4-21(2)34-18-26/h3,5-6,16,21-27H,4,7-15,17-19H2,1-2H3/b6-5+. The van der Waals surface area contributed by atoms with Gasteiger partial charge in [-0.2, -0.15) is 4.39 Å².